The van der Waals surface area contributed by atoms with Crippen molar-refractivity contribution in [3.05, 3.63) is 468 Å². The van der Waals surface area contributed by atoms with Crippen LogP contribution in [0, 0.1) is 31.5 Å². The Balaban J connectivity index is 0.000000138. The molecule has 0 atom stereocenters. The molecule has 0 bridgehead atoms. The first-order chi connectivity index (χ1) is 65.7. The fraction of sp³-hybridized carbons (Fsp3) is 0.261. The number of aryl methyl sites for hydroxylation is 7. The van der Waals surface area contributed by atoms with Gasteiger partial charge in [0.15, 0.2) is 7.05 Å². The van der Waals surface area contributed by atoms with Crippen molar-refractivity contribution in [3.63, 3.8) is 0 Å². The molecule has 2 aliphatic heterocycles. The molecule has 13 aromatic carbocycles. The van der Waals surface area contributed by atoms with E-state index >= 15 is 0 Å². The molecule has 11 nitrogen and oxygen atoms in total. The molecule has 0 amide bonds. The zero-order chi connectivity index (χ0) is 94.7. The van der Waals surface area contributed by atoms with Crippen molar-refractivity contribution in [1.29, 1.82) is 0 Å². The van der Waals surface area contributed by atoms with E-state index in [1.165, 1.54) is 132 Å². The van der Waals surface area contributed by atoms with Gasteiger partial charge in [-0.1, -0.05) is 285 Å². The highest BCUT2D eigenvalue weighted by Gasteiger charge is 2.32. The van der Waals surface area contributed by atoms with E-state index in [4.69, 9.17) is 27.9 Å². The molecular formula is C119H128Cl2FN8O3S2+. The molecule has 0 saturated carbocycles. The number of thioether (sulfide) groups is 2. The maximum Gasteiger partial charge on any atom is 0.255 e. The maximum atomic E-state index is 12.7. The Bertz CT molecular complexity index is 6050. The summed E-state index contributed by atoms with van der Waals surface area (Å²) >= 11 is 16.1. The van der Waals surface area contributed by atoms with E-state index in [2.05, 4.69) is 306 Å². The first kappa shape index (κ1) is 100. The highest BCUT2D eigenvalue weighted by Crippen LogP contribution is 2.42. The fourth-order valence-corrected chi connectivity index (χ4v) is 19.8. The van der Waals surface area contributed by atoms with Crippen molar-refractivity contribution in [1.82, 2.24) is 19.8 Å². The smallest absolute Gasteiger partial charge is 0.255 e. The van der Waals surface area contributed by atoms with Gasteiger partial charge in [0, 0.05) is 161 Å². The van der Waals surface area contributed by atoms with Crippen molar-refractivity contribution in [2.75, 3.05) is 79.6 Å². The highest BCUT2D eigenvalue weighted by atomic mass is 35.5. The van der Waals surface area contributed by atoms with Crippen molar-refractivity contribution in [3.8, 4) is 11.5 Å². The van der Waals surface area contributed by atoms with Gasteiger partial charge in [-0.2, -0.15) is 11.8 Å². The average molecular weight is 1870 g/mol. The van der Waals surface area contributed by atoms with Gasteiger partial charge in [-0.15, -0.1) is 11.8 Å². The Morgan fingerprint density at radius 2 is 1.16 bits per heavy atom. The van der Waals surface area contributed by atoms with Gasteiger partial charge in [0.05, 0.1) is 23.4 Å². The SMILES string of the molecule is CC1=CC(C)(C)N(Cc2ccc([N+](C)=O)cc2)c2ccccc21.CCCCN(Cc1ccccc1)Cc1cc(C)cc(Cl)c1O.COc1ccc(Cl)cc1N(Cc1ccccc1)Cc1ccccc1.Cc1ccc(CCSc2ccc(F)cc2)cn1.Cc1ccc(N2CCN(CC(c3ccccc3)c3ccccc3)CC2)cc1.c1cc2c3c(ccc(CSCCc4ccncc4)c3c1)CC2. The quantitative estimate of drug-likeness (QED) is 0.0264. The van der Waals surface area contributed by atoms with Gasteiger partial charge >= 0.3 is 0 Å². The average Bonchev–Trinajstić information content (AvgIpc) is 1.67. The second-order valence-electron chi connectivity index (χ2n) is 35.4. The number of aromatic nitrogens is 2. The number of anilines is 3. The van der Waals surface area contributed by atoms with Gasteiger partial charge in [-0.3, -0.25) is 19.8 Å². The Morgan fingerprint density at radius 1 is 0.563 bits per heavy atom. The van der Waals surface area contributed by atoms with E-state index in [9.17, 15) is 14.4 Å². The van der Waals surface area contributed by atoms with Crippen LogP contribution in [0.15, 0.2) is 363 Å². The number of para-hydroxylation sites is 1. The second-order valence-corrected chi connectivity index (χ2v) is 38.6. The molecule has 4 heterocycles. The zero-order valence-corrected chi connectivity index (χ0v) is 82.7. The third kappa shape index (κ3) is 30.4. The monoisotopic (exact) mass is 1870 g/mol. The minimum Gasteiger partial charge on any atom is -0.506 e. The van der Waals surface area contributed by atoms with E-state index in [0.717, 1.165) is 146 Å². The predicted molar refractivity (Wildman–Crippen MR) is 570 cm³/mol. The van der Waals surface area contributed by atoms with Crippen LogP contribution in [0.4, 0.5) is 27.1 Å². The van der Waals surface area contributed by atoms with E-state index < -0.39 is 0 Å². The Morgan fingerprint density at radius 3 is 1.76 bits per heavy atom. The molecule has 0 spiro atoms. The summed E-state index contributed by atoms with van der Waals surface area (Å²) in [5.74, 6) is 4.53. The first-order valence-corrected chi connectivity index (χ1v) is 50.0. The first-order valence-electron chi connectivity index (χ1n) is 47.1. The number of phenols is 1. The van der Waals surface area contributed by atoms with Crippen molar-refractivity contribution in [2.24, 2.45) is 0 Å². The number of ether oxygens (including phenoxy) is 1. The molecule has 18 rings (SSSR count). The number of fused-ring (bicyclic) bond motifs is 1. The molecule has 0 radical (unpaired) electrons. The number of benzene rings is 13. The highest BCUT2D eigenvalue weighted by molar-refractivity contribution is 7.99. The standard InChI is InChI=1S/C25H28N2.C21H20ClNO.C20H23N2O.C20H19NS.C19H24ClNO.C14H14FNS/c1-21-12-14-24(15-13-21)27-18-16-26(17-19-27)20-25(22-8-4-2-5-9-22)23-10-6-3-7-11-23;1-24-21-13-12-19(22)14-20(21)23(15-17-8-4-2-5-9-17)16-18-10-6-3-7-11-18;1-15-13-20(2,3)22(19-8-6-5-7-18(15)19)14-16-9-11-17(12-10-16)21(4)23;1-2-16-4-5-17-6-7-18(19(3-1)20(16)17)14-22-13-10-15-8-11-21-12-9-15;1-3-4-10-21(13-16-8-6-5-7-9-16)14-17-11-15(2)12-18(20)19(17)22;1-11-2-3-12(10-16-11)8-9-17-14-6-4-13(15)5-7-14/h2-15,25H,16-20H2,1H3;2-14H,15-16H2,1H3;5-13H,14H2,1-4H3;1-3,6-9,11-12H,4-5,10,13-14H2;5-9,11-12,22H,3-4,10,13-14H2,1-2H3;2-7,10H,8-9H2,1H3/q;;+1;;;. The number of piperazine rings is 1. The molecule has 1 aliphatic carbocycles. The molecule has 1 saturated heterocycles. The lowest BCUT2D eigenvalue weighted by Crippen LogP contribution is -2.47. The number of nitrogens with zero attached hydrogens (tertiary/aromatic N) is 8. The summed E-state index contributed by atoms with van der Waals surface area (Å²) in [6.07, 6.45) is 14.8. The number of pyridine rings is 2. The van der Waals surface area contributed by atoms with E-state index in [1.54, 1.807) is 24.9 Å². The number of unbranched alkanes of at least 4 members (excludes halogenated alkanes) is 1. The third-order valence-electron chi connectivity index (χ3n) is 24.8. The number of hydrogen-bond acceptors (Lipinski definition) is 12. The molecule has 2 aromatic heterocycles. The van der Waals surface area contributed by atoms with Gasteiger partial charge in [0.2, 0.25) is 0 Å². The minimum absolute atomic E-state index is 0.0492. The lowest BCUT2D eigenvalue weighted by atomic mass is 9.88. The summed E-state index contributed by atoms with van der Waals surface area (Å²) in [6.45, 7) is 25.5. The second kappa shape index (κ2) is 51.6. The summed E-state index contributed by atoms with van der Waals surface area (Å²) in [6, 6.07) is 114. The van der Waals surface area contributed by atoms with Crippen LogP contribution in [-0.4, -0.2) is 100 Å². The molecule has 0 unspecified atom stereocenters. The lowest BCUT2D eigenvalue weighted by molar-refractivity contribution is -0.428. The van der Waals surface area contributed by atoms with E-state index in [0.29, 0.717) is 28.2 Å². The van der Waals surface area contributed by atoms with Gasteiger partial charge in [0.1, 0.15) is 17.3 Å². The predicted octanol–water partition coefficient (Wildman–Crippen LogP) is 29.3. The van der Waals surface area contributed by atoms with Crippen molar-refractivity contribution >= 4 is 85.8 Å². The zero-order valence-electron chi connectivity index (χ0n) is 79.6. The Labute approximate surface area is 819 Å². The van der Waals surface area contributed by atoms with Gasteiger partial charge in [-0.05, 0) is 254 Å². The summed E-state index contributed by atoms with van der Waals surface area (Å²) in [5.41, 5.74) is 26.2. The van der Waals surface area contributed by atoms with Crippen LogP contribution in [-0.2, 0) is 64.2 Å². The minimum atomic E-state index is -0.183. The number of phenolic OH excluding ortho intramolecular Hbond substituents is 1. The van der Waals surface area contributed by atoms with Crippen LogP contribution in [0.1, 0.15) is 136 Å². The summed E-state index contributed by atoms with van der Waals surface area (Å²) in [4.78, 5) is 33.0. The van der Waals surface area contributed by atoms with E-state index in [1.807, 2.05) is 129 Å². The summed E-state index contributed by atoms with van der Waals surface area (Å²) in [7, 11) is 3.21. The van der Waals surface area contributed by atoms with Crippen LogP contribution in [0.3, 0.4) is 0 Å². The normalized spacial score (nSPS) is 12.8. The largest absolute Gasteiger partial charge is 0.506 e. The van der Waals surface area contributed by atoms with Gasteiger partial charge < -0.3 is 24.5 Å². The van der Waals surface area contributed by atoms with Gasteiger partial charge in [-0.25, -0.2) is 4.39 Å². The van der Waals surface area contributed by atoms with Crippen LogP contribution in [0.2, 0.25) is 10.0 Å². The molecule has 694 valence electrons. The molecule has 1 fully saturated rings. The lowest BCUT2D eigenvalue weighted by Gasteiger charge is -2.43. The molecule has 16 heteroatoms. The summed E-state index contributed by atoms with van der Waals surface area (Å²) in [5, 5.41) is 14.4. The van der Waals surface area contributed by atoms with Crippen LogP contribution < -0.4 is 19.4 Å². The molecular weight excluding hydrogens is 1740 g/mol. The third-order valence-corrected chi connectivity index (χ3v) is 27.3. The number of rotatable bonds is 30. The van der Waals surface area contributed by atoms with Crippen LogP contribution in [0.25, 0.3) is 16.3 Å². The Kier molecular flexibility index (Phi) is 38.3. The van der Waals surface area contributed by atoms with Crippen LogP contribution >= 0.6 is 46.7 Å². The molecule has 135 heavy (non-hydrogen) atoms. The number of hydrogen-bond donors (Lipinski definition) is 1. The number of methoxy groups -OCH3 is 1. The van der Waals surface area contributed by atoms with E-state index in [-0.39, 0.29) is 17.1 Å². The number of halogens is 3. The molecule has 15 aromatic rings. The van der Waals surface area contributed by atoms with Crippen molar-refractivity contribution < 1.29 is 19.0 Å². The number of allylic oxidation sites excluding steroid dienone is 1. The fourth-order valence-electron chi connectivity index (χ4n) is 17.5. The van der Waals surface area contributed by atoms with Crippen molar-refractivity contribution in [2.45, 2.75) is 142 Å². The summed E-state index contributed by atoms with van der Waals surface area (Å²) < 4.78 is 19.1. The van der Waals surface area contributed by atoms with Crippen LogP contribution in [0.5, 0.6) is 11.5 Å². The number of nitroso groups, excluding NO2 is 1. The maximum absolute atomic E-state index is 12.7. The molecule has 1 N–H and O–H groups in total. The topological polar surface area (TPSA) is 91.5 Å². The Hall–Kier alpha value is -12.1. The van der Waals surface area contributed by atoms with Gasteiger partial charge in [0.25, 0.3) is 5.69 Å². The number of aromatic hydroxyl groups is 1. The molecule has 3 aliphatic rings.